The normalized spacial score (nSPS) is 45.0. The van der Waals surface area contributed by atoms with Gasteiger partial charge in [0.1, 0.15) is 5.78 Å². The number of rotatable bonds is 4. The van der Waals surface area contributed by atoms with Crippen LogP contribution in [0.4, 0.5) is 0 Å². The van der Waals surface area contributed by atoms with Crippen molar-refractivity contribution in [1.29, 1.82) is 0 Å². The summed E-state index contributed by atoms with van der Waals surface area (Å²) in [6.45, 7) is 26.5. The summed E-state index contributed by atoms with van der Waals surface area (Å²) in [6.07, 6.45) is 10.2. The number of Topliss-reactive ketones (excluding diaryl/α,β-unsaturated/α-hetero) is 1. The first-order valence-electron chi connectivity index (χ1n) is 15.2. The first kappa shape index (κ1) is 27.6. The van der Waals surface area contributed by atoms with Crippen molar-refractivity contribution in [2.24, 2.45) is 40.4 Å². The molecular weight excluding hydrogens is 477 g/mol. The van der Waals surface area contributed by atoms with Crippen LogP contribution in [0.15, 0.2) is 0 Å². The van der Waals surface area contributed by atoms with E-state index in [0.29, 0.717) is 40.7 Å². The van der Waals surface area contributed by atoms with Crippen LogP contribution in [-0.2, 0) is 13.6 Å². The molecule has 0 aromatic carbocycles. The van der Waals surface area contributed by atoms with E-state index in [1.54, 1.807) is 0 Å². The van der Waals surface area contributed by atoms with Crippen molar-refractivity contribution in [1.82, 2.24) is 0 Å². The highest BCUT2D eigenvalue weighted by Gasteiger charge is 2.78. The van der Waals surface area contributed by atoms with Crippen molar-refractivity contribution in [2.75, 3.05) is 0 Å². The Balaban J connectivity index is 1.42. The van der Waals surface area contributed by atoms with E-state index < -0.39 is 16.6 Å². The maximum absolute atomic E-state index is 12.9. The molecule has 0 bridgehead atoms. The van der Waals surface area contributed by atoms with Crippen LogP contribution >= 0.6 is 0 Å². The average molecular weight is 533 g/mol. The van der Waals surface area contributed by atoms with Gasteiger partial charge in [-0.25, -0.2) is 0 Å². The Morgan fingerprint density at radius 1 is 0.750 bits per heavy atom. The second kappa shape index (κ2) is 8.27. The van der Waals surface area contributed by atoms with Gasteiger partial charge >= 0.3 is 0 Å². The Morgan fingerprint density at radius 2 is 1.36 bits per heavy atom. The number of hydrogen-bond acceptors (Lipinski definition) is 3. The fourth-order valence-corrected chi connectivity index (χ4v) is 12.1. The molecule has 0 aromatic heterocycles. The van der Waals surface area contributed by atoms with Crippen molar-refractivity contribution in [2.45, 2.75) is 148 Å². The monoisotopic (exact) mass is 532 g/mol. The molecule has 5 aliphatic rings. The molecular formula is C31H56O3Si2. The van der Waals surface area contributed by atoms with E-state index in [-0.39, 0.29) is 10.1 Å². The molecule has 5 aliphatic carbocycles. The highest BCUT2D eigenvalue weighted by atomic mass is 28.4. The van der Waals surface area contributed by atoms with Crippen LogP contribution in [0.5, 0.6) is 0 Å². The smallest absolute Gasteiger partial charge is 0.192 e. The van der Waals surface area contributed by atoms with E-state index in [0.717, 1.165) is 30.6 Å². The molecule has 5 rings (SSSR count). The molecule has 1 spiro atoms. The van der Waals surface area contributed by atoms with E-state index in [2.05, 4.69) is 74.7 Å². The predicted molar refractivity (Wildman–Crippen MR) is 154 cm³/mol. The SMILES string of the molecule is CC(C)(C)[Si](C)(C)O[C@H]1CC[C@H]2[C@@H]3CC[C@H]4CC(=O)C[C@H]5[C@H](O[Si](C)(C)C(C)(C)C)[C@@]45[C@H]3CC[C@]12C. The molecule has 0 aliphatic heterocycles. The zero-order valence-electron chi connectivity index (χ0n) is 25.4. The molecule has 3 nitrogen and oxygen atoms in total. The Hall–Kier alpha value is 0.0238. The molecule has 0 unspecified atom stereocenters. The maximum atomic E-state index is 12.9. The van der Waals surface area contributed by atoms with Gasteiger partial charge in [0.25, 0.3) is 0 Å². The Bertz CT molecular complexity index is 898. The molecule has 0 N–H and O–H groups in total. The molecule has 0 radical (unpaired) electrons. The quantitative estimate of drug-likeness (QED) is 0.340. The Kier molecular flexibility index (Phi) is 6.34. The molecule has 36 heavy (non-hydrogen) atoms. The lowest BCUT2D eigenvalue weighted by Crippen LogP contribution is -2.54. The number of hydrogen-bond donors (Lipinski definition) is 0. The van der Waals surface area contributed by atoms with Crippen LogP contribution in [0.2, 0.25) is 36.3 Å². The maximum Gasteiger partial charge on any atom is 0.192 e. The second-order valence-corrected chi connectivity index (χ2v) is 26.5. The number of carbonyl (C=O) groups excluding carboxylic acids is 1. The van der Waals surface area contributed by atoms with Crippen LogP contribution in [0.1, 0.15) is 99.8 Å². The van der Waals surface area contributed by atoms with Gasteiger partial charge in [-0.15, -0.1) is 0 Å². The summed E-state index contributed by atoms with van der Waals surface area (Å²) in [5.41, 5.74) is 0.622. The van der Waals surface area contributed by atoms with E-state index in [1.165, 1.54) is 38.5 Å². The molecule has 0 amide bonds. The molecule has 9 atom stereocenters. The first-order valence-corrected chi connectivity index (χ1v) is 21.1. The van der Waals surface area contributed by atoms with Crippen molar-refractivity contribution < 1.29 is 13.6 Å². The fourth-order valence-electron chi connectivity index (χ4n) is 9.27. The van der Waals surface area contributed by atoms with Gasteiger partial charge < -0.3 is 8.85 Å². The molecule has 5 heteroatoms. The Morgan fingerprint density at radius 3 is 1.97 bits per heavy atom. The highest BCUT2D eigenvalue weighted by Crippen LogP contribution is 2.77. The van der Waals surface area contributed by atoms with Crippen LogP contribution in [-0.4, -0.2) is 34.6 Å². The van der Waals surface area contributed by atoms with Crippen LogP contribution in [0.3, 0.4) is 0 Å². The van der Waals surface area contributed by atoms with Gasteiger partial charge in [-0.3, -0.25) is 4.79 Å². The predicted octanol–water partition coefficient (Wildman–Crippen LogP) is 8.60. The third kappa shape index (κ3) is 3.86. The third-order valence-corrected chi connectivity index (χ3v) is 22.3. The van der Waals surface area contributed by atoms with Crippen molar-refractivity contribution in [3.63, 3.8) is 0 Å². The zero-order chi connectivity index (χ0) is 26.7. The molecule has 5 saturated carbocycles. The first-order chi connectivity index (χ1) is 16.4. The minimum Gasteiger partial charge on any atom is -0.413 e. The van der Waals surface area contributed by atoms with E-state index in [4.69, 9.17) is 8.85 Å². The largest absolute Gasteiger partial charge is 0.413 e. The molecule has 0 saturated heterocycles. The summed E-state index contributed by atoms with van der Waals surface area (Å²) < 4.78 is 14.4. The van der Waals surface area contributed by atoms with Gasteiger partial charge in [-0.2, -0.15) is 0 Å². The lowest BCUT2D eigenvalue weighted by atomic mass is 9.49. The van der Waals surface area contributed by atoms with Crippen molar-refractivity contribution in [3.8, 4) is 0 Å². The summed E-state index contributed by atoms with van der Waals surface area (Å²) in [4.78, 5) is 12.9. The summed E-state index contributed by atoms with van der Waals surface area (Å²) >= 11 is 0. The van der Waals surface area contributed by atoms with Gasteiger partial charge in [0.05, 0.1) is 12.2 Å². The number of fused-ring (bicyclic) bond motifs is 3. The lowest BCUT2D eigenvalue weighted by Gasteiger charge is -2.57. The lowest BCUT2D eigenvalue weighted by molar-refractivity contribution is -0.130. The van der Waals surface area contributed by atoms with Crippen molar-refractivity contribution >= 4 is 22.4 Å². The zero-order valence-corrected chi connectivity index (χ0v) is 27.4. The van der Waals surface area contributed by atoms with Crippen LogP contribution in [0, 0.1) is 40.4 Å². The van der Waals surface area contributed by atoms with Gasteiger partial charge in [0, 0.05) is 18.3 Å². The third-order valence-electron chi connectivity index (χ3n) is 13.3. The number of ketones is 1. The fraction of sp³-hybridized carbons (Fsp3) is 0.968. The average Bonchev–Trinajstić information content (AvgIpc) is 3.19. The molecule has 5 fully saturated rings. The van der Waals surface area contributed by atoms with E-state index in [9.17, 15) is 4.79 Å². The highest BCUT2D eigenvalue weighted by molar-refractivity contribution is 6.74. The summed E-state index contributed by atoms with van der Waals surface area (Å²) in [7, 11) is -3.67. The van der Waals surface area contributed by atoms with Gasteiger partial charge in [0.15, 0.2) is 16.6 Å². The topological polar surface area (TPSA) is 35.5 Å². The van der Waals surface area contributed by atoms with Crippen molar-refractivity contribution in [3.05, 3.63) is 0 Å². The molecule has 206 valence electrons. The number of carbonyl (C=O) groups is 1. The van der Waals surface area contributed by atoms with E-state index in [1.807, 2.05) is 0 Å². The van der Waals surface area contributed by atoms with Gasteiger partial charge in [-0.05, 0) is 110 Å². The standard InChI is InChI=1S/C31H56O3Si2/c1-28(2,3)35(8,9)33-26-15-14-23-22-13-12-20-18-21(32)19-25-27(34-36(10,11)29(4,5)6)31(20,25)24(22)16-17-30(23,26)7/h20,22-27H,12-19H2,1-11H3/t20-,22-,23-,24-,25-,26-,27-,30-,31+/m0/s1. The minimum atomic E-state index is -1.88. The minimum absolute atomic E-state index is 0.216. The second-order valence-electron chi connectivity index (χ2n) is 17.0. The Labute approximate surface area is 224 Å². The molecule has 0 aromatic rings. The summed E-state index contributed by atoms with van der Waals surface area (Å²) in [5, 5.41) is 0.480. The van der Waals surface area contributed by atoms with Gasteiger partial charge in [0.2, 0.25) is 0 Å². The molecule has 0 heterocycles. The van der Waals surface area contributed by atoms with E-state index >= 15 is 0 Å². The summed E-state index contributed by atoms with van der Waals surface area (Å²) in [5.74, 6) is 3.93. The summed E-state index contributed by atoms with van der Waals surface area (Å²) in [6, 6.07) is 0. The van der Waals surface area contributed by atoms with Crippen LogP contribution < -0.4 is 0 Å². The van der Waals surface area contributed by atoms with Gasteiger partial charge in [-0.1, -0.05) is 48.5 Å². The van der Waals surface area contributed by atoms with Crippen LogP contribution in [0.25, 0.3) is 0 Å².